The van der Waals surface area contributed by atoms with Crippen LogP contribution in [0.15, 0.2) is 60.7 Å². The van der Waals surface area contributed by atoms with Crippen LogP contribution in [0.3, 0.4) is 0 Å². The van der Waals surface area contributed by atoms with Crippen LogP contribution in [0.1, 0.15) is 16.8 Å². The van der Waals surface area contributed by atoms with Crippen LogP contribution in [0, 0.1) is 0 Å². The molecule has 0 atom stereocenters. The summed E-state index contributed by atoms with van der Waals surface area (Å²) in [5.41, 5.74) is 1.13. The number of hydrogen-bond donors (Lipinski definition) is 1. The van der Waals surface area contributed by atoms with Crippen molar-refractivity contribution in [3.05, 3.63) is 71.2 Å². The standard InChI is InChI=1S/C21H20ClNO3/c1-25-21(24)18-14-16(22)10-11-19(18)23-12-5-13-26-20-9-4-7-15-6-2-3-8-17(15)20/h2-4,6-11,14,23H,5,12-13H2,1H3. The Balaban J connectivity index is 1.56. The lowest BCUT2D eigenvalue weighted by molar-refractivity contribution is 0.0602. The molecule has 0 aliphatic rings. The molecule has 0 saturated heterocycles. The molecule has 0 spiro atoms. The molecule has 26 heavy (non-hydrogen) atoms. The highest BCUT2D eigenvalue weighted by Gasteiger charge is 2.12. The highest BCUT2D eigenvalue weighted by atomic mass is 35.5. The van der Waals surface area contributed by atoms with Gasteiger partial charge in [0.2, 0.25) is 0 Å². The molecule has 3 aromatic rings. The average Bonchev–Trinajstić information content (AvgIpc) is 2.68. The molecule has 0 bridgehead atoms. The van der Waals surface area contributed by atoms with E-state index in [0.717, 1.165) is 22.9 Å². The number of anilines is 1. The normalized spacial score (nSPS) is 10.5. The fourth-order valence-corrected chi connectivity index (χ4v) is 2.92. The van der Waals surface area contributed by atoms with Crippen LogP contribution in [-0.4, -0.2) is 26.2 Å². The van der Waals surface area contributed by atoms with E-state index in [0.29, 0.717) is 29.4 Å². The van der Waals surface area contributed by atoms with Crippen molar-refractivity contribution in [1.29, 1.82) is 0 Å². The number of carbonyl (C=O) groups is 1. The minimum Gasteiger partial charge on any atom is -0.493 e. The predicted molar refractivity (Wildman–Crippen MR) is 105 cm³/mol. The smallest absolute Gasteiger partial charge is 0.340 e. The Hall–Kier alpha value is -2.72. The number of esters is 1. The topological polar surface area (TPSA) is 47.6 Å². The minimum absolute atomic E-state index is 0.415. The van der Waals surface area contributed by atoms with E-state index in [4.69, 9.17) is 21.1 Å². The van der Waals surface area contributed by atoms with E-state index in [2.05, 4.69) is 23.5 Å². The summed E-state index contributed by atoms with van der Waals surface area (Å²) in [6, 6.07) is 19.3. The van der Waals surface area contributed by atoms with Crippen molar-refractivity contribution in [2.24, 2.45) is 0 Å². The van der Waals surface area contributed by atoms with Crippen molar-refractivity contribution in [2.75, 3.05) is 25.6 Å². The summed E-state index contributed by atoms with van der Waals surface area (Å²) < 4.78 is 10.7. The van der Waals surface area contributed by atoms with Gasteiger partial charge < -0.3 is 14.8 Å². The second kappa shape index (κ2) is 8.59. The van der Waals surface area contributed by atoms with Gasteiger partial charge in [0, 0.05) is 22.6 Å². The third-order valence-electron chi connectivity index (χ3n) is 4.03. The Bertz CT molecular complexity index is 905. The van der Waals surface area contributed by atoms with Gasteiger partial charge in [0.25, 0.3) is 0 Å². The number of ether oxygens (including phenoxy) is 2. The molecule has 0 aliphatic carbocycles. The monoisotopic (exact) mass is 369 g/mol. The molecule has 1 N–H and O–H groups in total. The average molecular weight is 370 g/mol. The predicted octanol–water partition coefficient (Wildman–Crippen LogP) is 5.16. The van der Waals surface area contributed by atoms with Crippen LogP contribution in [-0.2, 0) is 4.74 Å². The SMILES string of the molecule is COC(=O)c1cc(Cl)ccc1NCCCOc1cccc2ccccc12. The van der Waals surface area contributed by atoms with Gasteiger partial charge in [-0.15, -0.1) is 0 Å². The van der Waals surface area contributed by atoms with E-state index < -0.39 is 5.97 Å². The van der Waals surface area contributed by atoms with Crippen LogP contribution in [0.2, 0.25) is 5.02 Å². The molecule has 134 valence electrons. The molecule has 0 radical (unpaired) electrons. The van der Waals surface area contributed by atoms with Gasteiger partial charge in [-0.05, 0) is 36.1 Å². The first kappa shape index (κ1) is 18.1. The number of nitrogens with one attached hydrogen (secondary N) is 1. The van der Waals surface area contributed by atoms with Crippen molar-refractivity contribution in [3.8, 4) is 5.75 Å². The number of fused-ring (bicyclic) bond motifs is 1. The van der Waals surface area contributed by atoms with E-state index in [1.807, 2.05) is 24.3 Å². The maximum absolute atomic E-state index is 11.8. The number of methoxy groups -OCH3 is 1. The Kier molecular flexibility index (Phi) is 5.97. The molecule has 3 aromatic carbocycles. The molecule has 5 heteroatoms. The van der Waals surface area contributed by atoms with E-state index >= 15 is 0 Å². The molecule has 0 saturated carbocycles. The van der Waals surface area contributed by atoms with E-state index in [1.165, 1.54) is 7.11 Å². The Labute approximate surface area is 157 Å². The fraction of sp³-hybridized carbons (Fsp3) is 0.190. The lowest BCUT2D eigenvalue weighted by Gasteiger charge is -2.12. The van der Waals surface area contributed by atoms with Gasteiger partial charge in [-0.25, -0.2) is 4.79 Å². The lowest BCUT2D eigenvalue weighted by Crippen LogP contribution is -2.11. The molecule has 0 aliphatic heterocycles. The van der Waals surface area contributed by atoms with E-state index in [9.17, 15) is 4.79 Å². The summed E-state index contributed by atoms with van der Waals surface area (Å²) in [7, 11) is 1.35. The van der Waals surface area contributed by atoms with Gasteiger partial charge in [-0.3, -0.25) is 0 Å². The quantitative estimate of drug-likeness (QED) is 0.461. The number of rotatable bonds is 7. The molecule has 0 fully saturated rings. The first-order valence-electron chi connectivity index (χ1n) is 8.41. The van der Waals surface area contributed by atoms with Gasteiger partial charge in [0.15, 0.2) is 0 Å². The molecular weight excluding hydrogens is 350 g/mol. The zero-order chi connectivity index (χ0) is 18.4. The number of halogens is 1. The maximum Gasteiger partial charge on any atom is 0.340 e. The summed E-state index contributed by atoms with van der Waals surface area (Å²) >= 11 is 5.96. The number of benzene rings is 3. The van der Waals surface area contributed by atoms with Crippen molar-refractivity contribution in [1.82, 2.24) is 0 Å². The Morgan fingerprint density at radius 2 is 1.88 bits per heavy atom. The lowest BCUT2D eigenvalue weighted by atomic mass is 10.1. The Morgan fingerprint density at radius 1 is 1.08 bits per heavy atom. The van der Waals surface area contributed by atoms with Crippen molar-refractivity contribution in [3.63, 3.8) is 0 Å². The highest BCUT2D eigenvalue weighted by Crippen LogP contribution is 2.25. The summed E-state index contributed by atoms with van der Waals surface area (Å²) in [4.78, 5) is 11.8. The van der Waals surface area contributed by atoms with Crippen LogP contribution in [0.5, 0.6) is 5.75 Å². The maximum atomic E-state index is 11.8. The van der Waals surface area contributed by atoms with Crippen molar-refractivity contribution in [2.45, 2.75) is 6.42 Å². The molecule has 0 aromatic heterocycles. The van der Waals surface area contributed by atoms with Crippen LogP contribution < -0.4 is 10.1 Å². The molecule has 3 rings (SSSR count). The fourth-order valence-electron chi connectivity index (χ4n) is 2.75. The van der Waals surface area contributed by atoms with Gasteiger partial charge in [-0.2, -0.15) is 0 Å². The summed E-state index contributed by atoms with van der Waals surface area (Å²) in [6.45, 7) is 1.23. The molecule has 0 unspecified atom stereocenters. The first-order chi connectivity index (χ1) is 12.7. The molecule has 0 heterocycles. The minimum atomic E-state index is -0.415. The zero-order valence-corrected chi connectivity index (χ0v) is 15.3. The van der Waals surface area contributed by atoms with Crippen LogP contribution in [0.4, 0.5) is 5.69 Å². The van der Waals surface area contributed by atoms with Crippen molar-refractivity contribution < 1.29 is 14.3 Å². The second-order valence-corrected chi connectivity index (χ2v) is 6.22. The second-order valence-electron chi connectivity index (χ2n) is 5.79. The van der Waals surface area contributed by atoms with Crippen molar-refractivity contribution >= 4 is 34.0 Å². The third-order valence-corrected chi connectivity index (χ3v) is 4.27. The molecule has 4 nitrogen and oxygen atoms in total. The van der Waals surface area contributed by atoms with Gasteiger partial charge >= 0.3 is 5.97 Å². The van der Waals surface area contributed by atoms with Crippen LogP contribution >= 0.6 is 11.6 Å². The van der Waals surface area contributed by atoms with Gasteiger partial charge in [0.1, 0.15) is 5.75 Å². The summed E-state index contributed by atoms with van der Waals surface area (Å²) in [6.07, 6.45) is 0.784. The van der Waals surface area contributed by atoms with Gasteiger partial charge in [0.05, 0.1) is 19.3 Å². The first-order valence-corrected chi connectivity index (χ1v) is 8.79. The Morgan fingerprint density at radius 3 is 2.73 bits per heavy atom. The molecular formula is C21H20ClNO3. The third kappa shape index (κ3) is 4.27. The highest BCUT2D eigenvalue weighted by molar-refractivity contribution is 6.31. The van der Waals surface area contributed by atoms with Gasteiger partial charge in [-0.1, -0.05) is 48.0 Å². The van der Waals surface area contributed by atoms with Crippen LogP contribution in [0.25, 0.3) is 10.8 Å². The zero-order valence-electron chi connectivity index (χ0n) is 14.5. The molecule has 0 amide bonds. The number of carbonyl (C=O) groups excluding carboxylic acids is 1. The summed E-state index contributed by atoms with van der Waals surface area (Å²) in [5, 5.41) is 6.00. The van der Waals surface area contributed by atoms with E-state index in [1.54, 1.807) is 18.2 Å². The number of hydrogen-bond acceptors (Lipinski definition) is 4. The largest absolute Gasteiger partial charge is 0.493 e. The summed E-state index contributed by atoms with van der Waals surface area (Å²) in [5.74, 6) is 0.465. The van der Waals surface area contributed by atoms with E-state index in [-0.39, 0.29) is 0 Å².